The van der Waals surface area contributed by atoms with Gasteiger partial charge in [-0.2, -0.15) is 0 Å². The molecular weight excluding hydrogens is 432 g/mol. The summed E-state index contributed by atoms with van der Waals surface area (Å²) in [6.07, 6.45) is 3.21. The Hall–Kier alpha value is -1.83. The zero-order chi connectivity index (χ0) is 25.7. The molecular formula is C27H48N2O5. The second-order valence-corrected chi connectivity index (χ2v) is 10.2. The van der Waals surface area contributed by atoms with E-state index in [0.29, 0.717) is 31.3 Å². The number of amides is 1. The molecule has 0 saturated heterocycles. The minimum absolute atomic E-state index is 0.0442. The normalized spacial score (nSPS) is 14.5. The molecule has 34 heavy (non-hydrogen) atoms. The van der Waals surface area contributed by atoms with Gasteiger partial charge in [-0.1, -0.05) is 47.1 Å². The fourth-order valence-corrected chi connectivity index (χ4v) is 4.07. The lowest BCUT2D eigenvalue weighted by atomic mass is 9.83. The van der Waals surface area contributed by atoms with Crippen LogP contribution in [0.3, 0.4) is 0 Å². The van der Waals surface area contributed by atoms with Gasteiger partial charge in [0, 0.05) is 38.1 Å². The molecule has 0 aliphatic rings. The monoisotopic (exact) mass is 480 g/mol. The first kappa shape index (κ1) is 30.2. The second kappa shape index (κ2) is 15.2. The topological polar surface area (TPSA) is 103 Å². The van der Waals surface area contributed by atoms with Crippen molar-refractivity contribution < 1.29 is 24.1 Å². The van der Waals surface area contributed by atoms with Crippen molar-refractivity contribution in [3.63, 3.8) is 0 Å². The van der Waals surface area contributed by atoms with E-state index >= 15 is 0 Å². The average molecular weight is 481 g/mol. The number of nitrogens with two attached hydrogens (primary N) is 1. The van der Waals surface area contributed by atoms with E-state index in [1.807, 2.05) is 32.0 Å². The van der Waals surface area contributed by atoms with E-state index in [4.69, 9.17) is 19.9 Å². The standard InChI is InChI=1S/C27H48N2O5/c1-8-12-27(4,5)26(31)29-18-23(30)22(28)17-21(19(2)3)15-20-10-11-24(33-7)25(16-20)34-14-9-13-32-6/h10-11,16,19,21-23,30H,8-9,12-15,17-18,28H2,1-7H3,(H,29,31)/t21-,22-,23-/m0/s1. The molecule has 1 rings (SSSR count). The van der Waals surface area contributed by atoms with Crippen LogP contribution in [0.1, 0.15) is 65.9 Å². The predicted octanol–water partition coefficient (Wildman–Crippen LogP) is 3.95. The number of aliphatic hydroxyl groups is 1. The number of benzene rings is 1. The molecule has 0 aliphatic carbocycles. The highest BCUT2D eigenvalue weighted by Crippen LogP contribution is 2.31. The van der Waals surface area contributed by atoms with Crippen LogP contribution in [-0.4, -0.2) is 57.1 Å². The van der Waals surface area contributed by atoms with Gasteiger partial charge in [0.1, 0.15) is 0 Å². The van der Waals surface area contributed by atoms with Gasteiger partial charge in [0.15, 0.2) is 11.5 Å². The van der Waals surface area contributed by atoms with Crippen molar-refractivity contribution in [2.45, 2.75) is 78.9 Å². The predicted molar refractivity (Wildman–Crippen MR) is 137 cm³/mol. The summed E-state index contributed by atoms with van der Waals surface area (Å²) < 4.78 is 16.5. The number of rotatable bonds is 17. The lowest BCUT2D eigenvalue weighted by Crippen LogP contribution is -2.47. The lowest BCUT2D eigenvalue weighted by Gasteiger charge is -2.29. The number of ether oxygens (including phenoxy) is 3. The maximum Gasteiger partial charge on any atom is 0.225 e. The number of nitrogens with one attached hydrogen (secondary N) is 1. The highest BCUT2D eigenvalue weighted by atomic mass is 16.5. The van der Waals surface area contributed by atoms with Gasteiger partial charge in [-0.15, -0.1) is 0 Å². The van der Waals surface area contributed by atoms with Crippen LogP contribution in [0.2, 0.25) is 0 Å². The minimum atomic E-state index is -0.793. The van der Waals surface area contributed by atoms with E-state index in [1.165, 1.54) is 0 Å². The molecule has 0 heterocycles. The zero-order valence-electron chi connectivity index (χ0n) is 22.4. The Balaban J connectivity index is 2.75. The summed E-state index contributed by atoms with van der Waals surface area (Å²) >= 11 is 0. The third kappa shape index (κ3) is 10.2. The van der Waals surface area contributed by atoms with Crippen molar-refractivity contribution in [1.82, 2.24) is 5.32 Å². The summed E-state index contributed by atoms with van der Waals surface area (Å²) in [6, 6.07) is 5.58. The molecule has 7 nitrogen and oxygen atoms in total. The first-order valence-corrected chi connectivity index (χ1v) is 12.6. The maximum absolute atomic E-state index is 12.5. The molecule has 0 fully saturated rings. The first-order chi connectivity index (χ1) is 16.0. The molecule has 0 radical (unpaired) electrons. The molecule has 196 valence electrons. The molecule has 0 aromatic heterocycles. The summed E-state index contributed by atoms with van der Waals surface area (Å²) in [6.45, 7) is 11.6. The van der Waals surface area contributed by atoms with E-state index in [2.05, 4.69) is 26.1 Å². The number of hydrogen-bond donors (Lipinski definition) is 3. The number of hydrogen-bond acceptors (Lipinski definition) is 6. The van der Waals surface area contributed by atoms with Gasteiger partial charge in [0.05, 0.1) is 19.8 Å². The fraction of sp³-hybridized carbons (Fsp3) is 0.741. The minimum Gasteiger partial charge on any atom is -0.493 e. The quantitative estimate of drug-likeness (QED) is 0.292. The highest BCUT2D eigenvalue weighted by Gasteiger charge is 2.28. The summed E-state index contributed by atoms with van der Waals surface area (Å²) in [4.78, 5) is 12.5. The van der Waals surface area contributed by atoms with Crippen LogP contribution in [0.25, 0.3) is 0 Å². The van der Waals surface area contributed by atoms with Crippen molar-refractivity contribution in [2.24, 2.45) is 23.0 Å². The third-order valence-electron chi connectivity index (χ3n) is 6.45. The number of aliphatic hydroxyl groups excluding tert-OH is 1. The lowest BCUT2D eigenvalue weighted by molar-refractivity contribution is -0.130. The van der Waals surface area contributed by atoms with Crippen molar-refractivity contribution in [2.75, 3.05) is 34.0 Å². The Labute approximate surface area is 206 Å². The van der Waals surface area contributed by atoms with E-state index in [0.717, 1.165) is 37.0 Å². The smallest absolute Gasteiger partial charge is 0.225 e. The summed E-state index contributed by atoms with van der Waals surface area (Å²) in [5, 5.41) is 13.5. The first-order valence-electron chi connectivity index (χ1n) is 12.6. The molecule has 0 bridgehead atoms. The Morgan fingerprint density at radius 2 is 1.88 bits per heavy atom. The zero-order valence-corrected chi connectivity index (χ0v) is 22.4. The summed E-state index contributed by atoms with van der Waals surface area (Å²) in [7, 11) is 3.31. The molecule has 1 aromatic rings. The number of methoxy groups -OCH3 is 2. The van der Waals surface area contributed by atoms with Crippen LogP contribution in [0.4, 0.5) is 0 Å². The Bertz CT molecular complexity index is 723. The van der Waals surface area contributed by atoms with Crippen LogP contribution in [-0.2, 0) is 16.0 Å². The molecule has 0 saturated carbocycles. The van der Waals surface area contributed by atoms with Gasteiger partial charge in [0.25, 0.3) is 0 Å². The van der Waals surface area contributed by atoms with Crippen molar-refractivity contribution in [1.29, 1.82) is 0 Å². The molecule has 1 amide bonds. The number of carbonyl (C=O) groups excluding carboxylic acids is 1. The van der Waals surface area contributed by atoms with Gasteiger partial charge in [-0.25, -0.2) is 0 Å². The summed E-state index contributed by atoms with van der Waals surface area (Å²) in [5.74, 6) is 2.03. The molecule has 0 unspecified atom stereocenters. The SMILES string of the molecule is CCCC(C)(C)C(=O)NC[C@H](O)[C@@H](N)C[C@H](Cc1ccc(OC)c(OCCCOC)c1)C(C)C. The van der Waals surface area contributed by atoms with E-state index in [9.17, 15) is 9.90 Å². The molecule has 1 aromatic carbocycles. The van der Waals surface area contributed by atoms with Crippen molar-refractivity contribution >= 4 is 5.91 Å². The molecule has 0 spiro atoms. The highest BCUT2D eigenvalue weighted by molar-refractivity contribution is 5.81. The molecule has 3 atom stereocenters. The Morgan fingerprint density at radius 1 is 1.18 bits per heavy atom. The van der Waals surface area contributed by atoms with Crippen molar-refractivity contribution in [3.05, 3.63) is 23.8 Å². The van der Waals surface area contributed by atoms with Crippen molar-refractivity contribution in [3.8, 4) is 11.5 Å². The van der Waals surface area contributed by atoms with Crippen LogP contribution in [0.15, 0.2) is 18.2 Å². The van der Waals surface area contributed by atoms with Gasteiger partial charge >= 0.3 is 0 Å². The van der Waals surface area contributed by atoms with Gasteiger partial charge < -0.3 is 30.4 Å². The van der Waals surface area contributed by atoms with Crippen LogP contribution in [0.5, 0.6) is 11.5 Å². The van der Waals surface area contributed by atoms with Crippen LogP contribution in [0, 0.1) is 17.3 Å². The molecule has 0 aliphatic heterocycles. The van der Waals surface area contributed by atoms with Gasteiger partial charge in [-0.05, 0) is 48.8 Å². The van der Waals surface area contributed by atoms with E-state index < -0.39 is 17.6 Å². The largest absolute Gasteiger partial charge is 0.493 e. The van der Waals surface area contributed by atoms with E-state index in [-0.39, 0.29) is 18.4 Å². The van der Waals surface area contributed by atoms with Crippen LogP contribution < -0.4 is 20.5 Å². The average Bonchev–Trinajstić information content (AvgIpc) is 2.79. The maximum atomic E-state index is 12.5. The second-order valence-electron chi connectivity index (χ2n) is 10.2. The van der Waals surface area contributed by atoms with Gasteiger partial charge in [-0.3, -0.25) is 4.79 Å². The molecule has 7 heteroatoms. The fourth-order valence-electron chi connectivity index (χ4n) is 4.07. The van der Waals surface area contributed by atoms with Gasteiger partial charge in [0.2, 0.25) is 5.91 Å². The van der Waals surface area contributed by atoms with E-state index in [1.54, 1.807) is 14.2 Å². The summed E-state index contributed by atoms with van der Waals surface area (Å²) in [5.41, 5.74) is 7.06. The third-order valence-corrected chi connectivity index (χ3v) is 6.45. The Morgan fingerprint density at radius 3 is 2.47 bits per heavy atom. The number of carbonyl (C=O) groups is 1. The molecule has 4 N–H and O–H groups in total. The van der Waals surface area contributed by atoms with Crippen LogP contribution >= 0.6 is 0 Å². The Kier molecular flexibility index (Phi) is 13.5.